The number of hydrogen-bond acceptors (Lipinski definition) is 5. The molecule has 0 fully saturated rings. The van der Waals surface area contributed by atoms with Gasteiger partial charge in [-0.25, -0.2) is 0 Å². The molecule has 0 bridgehead atoms. The highest BCUT2D eigenvalue weighted by atomic mass is 16.6. The van der Waals surface area contributed by atoms with Crippen LogP contribution in [0.5, 0.6) is 0 Å². The molecule has 0 amide bonds. The lowest BCUT2D eigenvalue weighted by atomic mass is 10.0. The van der Waals surface area contributed by atoms with Crippen LogP contribution in [0.1, 0.15) is 322 Å². The smallest absolute Gasteiger partial charge is 0.306 e. The van der Waals surface area contributed by atoms with Crippen LogP contribution in [0.25, 0.3) is 0 Å². The first-order valence-corrected chi connectivity index (χ1v) is 33.4. The zero-order chi connectivity index (χ0) is 56.2. The SMILES string of the molecule is CC/C=C\C/C=C\C/C=C\C/C=C\C/C=C\C/C=C\C/C=C\C/C=C\CCCCCCCCCCCCCCCCCCC(=O)OC(CO)COC(=O)CCCCCCCCCCCCC/C=C\CCCCCCCCCC. The molecule has 0 heterocycles. The van der Waals surface area contributed by atoms with E-state index in [9.17, 15) is 14.7 Å². The number of aliphatic hydroxyl groups excluding tert-OH is 1. The second kappa shape index (κ2) is 67.8. The van der Waals surface area contributed by atoms with Crippen molar-refractivity contribution in [2.24, 2.45) is 0 Å². The second-order valence-electron chi connectivity index (χ2n) is 22.2. The van der Waals surface area contributed by atoms with Crippen LogP contribution in [0.15, 0.2) is 109 Å². The van der Waals surface area contributed by atoms with Crippen molar-refractivity contribution in [3.63, 3.8) is 0 Å². The standard InChI is InChI=1S/C73H126O5/c1-3-5-7-9-11-13-15-17-19-21-23-25-27-28-29-30-31-32-33-34-35-36-37-38-39-40-41-42-43-44-46-48-50-52-54-56-58-60-62-64-66-68-73(76)78-71(69-74)70-77-72(75)67-65-63-61-59-57-55-53-51-49-47-45-26-24-22-20-18-16-14-12-10-8-6-4-2/h5,7,11,13,17,19,22-25,28-29,31-32,34-35,37-38,71,74H,3-4,6,8-10,12,14-16,18,20-21,26-27,30,33,36,39-70H2,1-2H3/b7-5-,13-11-,19-17-,24-22-,25-23-,29-28-,32-31-,35-34-,38-37-. The van der Waals surface area contributed by atoms with E-state index in [1.54, 1.807) is 0 Å². The highest BCUT2D eigenvalue weighted by Crippen LogP contribution is 2.17. The monoisotopic (exact) mass is 1080 g/mol. The molecular weight excluding hydrogens is 957 g/mol. The summed E-state index contributed by atoms with van der Waals surface area (Å²) in [6, 6.07) is 0. The number of rotatable bonds is 61. The van der Waals surface area contributed by atoms with Crippen molar-refractivity contribution < 1.29 is 24.2 Å². The van der Waals surface area contributed by atoms with Gasteiger partial charge in [0, 0.05) is 12.8 Å². The summed E-state index contributed by atoms with van der Waals surface area (Å²) in [5.41, 5.74) is 0. The lowest BCUT2D eigenvalue weighted by Gasteiger charge is -2.15. The fourth-order valence-electron chi connectivity index (χ4n) is 9.57. The van der Waals surface area contributed by atoms with Gasteiger partial charge >= 0.3 is 11.9 Å². The van der Waals surface area contributed by atoms with E-state index in [1.165, 1.54) is 205 Å². The highest BCUT2D eigenvalue weighted by Gasteiger charge is 2.16. The van der Waals surface area contributed by atoms with Gasteiger partial charge in [0.1, 0.15) is 6.61 Å². The van der Waals surface area contributed by atoms with Crippen LogP contribution in [-0.2, 0) is 19.1 Å². The Labute approximate surface area is 484 Å². The predicted molar refractivity (Wildman–Crippen MR) is 343 cm³/mol. The summed E-state index contributed by atoms with van der Waals surface area (Å²) >= 11 is 0. The molecule has 1 unspecified atom stereocenters. The number of esters is 2. The molecule has 448 valence electrons. The Kier molecular flexibility index (Phi) is 64.8. The van der Waals surface area contributed by atoms with Crippen LogP contribution in [0, 0.1) is 0 Å². The van der Waals surface area contributed by atoms with Crippen LogP contribution in [0.3, 0.4) is 0 Å². The van der Waals surface area contributed by atoms with Gasteiger partial charge in [-0.3, -0.25) is 9.59 Å². The third-order valence-corrected chi connectivity index (χ3v) is 14.6. The number of carbonyl (C=O) groups is 2. The highest BCUT2D eigenvalue weighted by molar-refractivity contribution is 5.70. The minimum Gasteiger partial charge on any atom is -0.462 e. The number of aliphatic hydroxyl groups is 1. The normalized spacial score (nSPS) is 12.9. The Balaban J connectivity index is 3.48. The molecule has 0 aromatic rings. The number of hydrogen-bond donors (Lipinski definition) is 1. The number of ether oxygens (including phenoxy) is 2. The Morgan fingerprint density at radius 2 is 0.551 bits per heavy atom. The summed E-state index contributed by atoms with van der Waals surface area (Å²) in [6.07, 6.45) is 98.2. The first-order valence-electron chi connectivity index (χ1n) is 33.4. The summed E-state index contributed by atoms with van der Waals surface area (Å²) in [5.74, 6) is -0.582. The van der Waals surface area contributed by atoms with Crippen molar-refractivity contribution in [3.8, 4) is 0 Å². The van der Waals surface area contributed by atoms with Crippen LogP contribution < -0.4 is 0 Å². The molecule has 1 N–H and O–H groups in total. The third kappa shape index (κ3) is 65.1. The van der Waals surface area contributed by atoms with E-state index in [4.69, 9.17) is 9.47 Å². The maximum absolute atomic E-state index is 12.4. The Morgan fingerprint density at radius 3 is 0.846 bits per heavy atom. The van der Waals surface area contributed by atoms with E-state index >= 15 is 0 Å². The molecule has 0 aromatic carbocycles. The minimum atomic E-state index is -0.777. The third-order valence-electron chi connectivity index (χ3n) is 14.6. The summed E-state index contributed by atoms with van der Waals surface area (Å²) in [6.45, 7) is 4.06. The first-order chi connectivity index (χ1) is 38.6. The Morgan fingerprint density at radius 1 is 0.308 bits per heavy atom. The van der Waals surface area contributed by atoms with E-state index in [-0.39, 0.29) is 25.2 Å². The van der Waals surface area contributed by atoms with Crippen LogP contribution in [-0.4, -0.2) is 36.4 Å². The molecule has 0 spiro atoms. The zero-order valence-electron chi connectivity index (χ0n) is 51.4. The molecule has 0 radical (unpaired) electrons. The largest absolute Gasteiger partial charge is 0.462 e. The van der Waals surface area contributed by atoms with Gasteiger partial charge in [0.15, 0.2) is 6.10 Å². The maximum atomic E-state index is 12.4. The van der Waals surface area contributed by atoms with Crippen LogP contribution in [0.2, 0.25) is 0 Å². The molecule has 0 saturated heterocycles. The van der Waals surface area contributed by atoms with Gasteiger partial charge in [-0.15, -0.1) is 0 Å². The Hall–Kier alpha value is -3.44. The number of unbranched alkanes of at least 4 members (excludes halogenated alkanes) is 35. The molecule has 78 heavy (non-hydrogen) atoms. The lowest BCUT2D eigenvalue weighted by molar-refractivity contribution is -0.161. The zero-order valence-corrected chi connectivity index (χ0v) is 51.4. The molecule has 0 rings (SSSR count). The van der Waals surface area contributed by atoms with Crippen molar-refractivity contribution in [1.29, 1.82) is 0 Å². The first kappa shape index (κ1) is 74.6. The fraction of sp³-hybridized carbons (Fsp3) is 0.726. The topological polar surface area (TPSA) is 72.8 Å². The molecule has 0 aliphatic rings. The van der Waals surface area contributed by atoms with E-state index in [2.05, 4.69) is 123 Å². The van der Waals surface area contributed by atoms with Crippen molar-refractivity contribution in [2.75, 3.05) is 13.2 Å². The average molecular weight is 1080 g/mol. The van der Waals surface area contributed by atoms with Gasteiger partial charge in [-0.1, -0.05) is 316 Å². The molecule has 5 heteroatoms. The number of allylic oxidation sites excluding steroid dienone is 18. The van der Waals surface area contributed by atoms with E-state index in [0.717, 1.165) is 89.9 Å². The molecule has 0 aliphatic carbocycles. The molecule has 1 atom stereocenters. The lowest BCUT2D eigenvalue weighted by Crippen LogP contribution is -2.28. The van der Waals surface area contributed by atoms with Gasteiger partial charge in [0.05, 0.1) is 6.61 Å². The summed E-state index contributed by atoms with van der Waals surface area (Å²) in [4.78, 5) is 24.6. The molecule has 5 nitrogen and oxygen atoms in total. The number of carbonyl (C=O) groups excluding carboxylic acids is 2. The maximum Gasteiger partial charge on any atom is 0.306 e. The van der Waals surface area contributed by atoms with E-state index < -0.39 is 6.10 Å². The average Bonchev–Trinajstić information content (AvgIpc) is 3.44. The molecule has 0 aromatic heterocycles. The molecule has 0 saturated carbocycles. The van der Waals surface area contributed by atoms with Crippen molar-refractivity contribution in [3.05, 3.63) is 109 Å². The van der Waals surface area contributed by atoms with Gasteiger partial charge in [0.2, 0.25) is 0 Å². The summed E-state index contributed by atoms with van der Waals surface area (Å²) in [5, 5.41) is 9.69. The fourth-order valence-corrected chi connectivity index (χ4v) is 9.57. The summed E-state index contributed by atoms with van der Waals surface area (Å²) < 4.78 is 10.7. The van der Waals surface area contributed by atoms with Crippen molar-refractivity contribution in [2.45, 2.75) is 328 Å². The van der Waals surface area contributed by atoms with Gasteiger partial charge in [0.25, 0.3) is 0 Å². The van der Waals surface area contributed by atoms with Crippen LogP contribution in [0.4, 0.5) is 0 Å². The summed E-state index contributed by atoms with van der Waals surface area (Å²) in [7, 11) is 0. The molecular formula is C73H126O5. The van der Waals surface area contributed by atoms with Gasteiger partial charge in [-0.2, -0.15) is 0 Å². The van der Waals surface area contributed by atoms with Crippen molar-refractivity contribution >= 4 is 11.9 Å². The van der Waals surface area contributed by atoms with Crippen LogP contribution >= 0.6 is 0 Å². The molecule has 0 aliphatic heterocycles. The van der Waals surface area contributed by atoms with Crippen molar-refractivity contribution in [1.82, 2.24) is 0 Å². The quantitative estimate of drug-likeness (QED) is 0.0373. The van der Waals surface area contributed by atoms with E-state index in [1.807, 2.05) is 0 Å². The minimum absolute atomic E-state index is 0.0665. The van der Waals surface area contributed by atoms with Gasteiger partial charge in [-0.05, 0) is 103 Å². The van der Waals surface area contributed by atoms with Gasteiger partial charge < -0.3 is 14.6 Å². The predicted octanol–water partition coefficient (Wildman–Crippen LogP) is 23.2. The second-order valence-corrected chi connectivity index (χ2v) is 22.2. The Bertz CT molecular complexity index is 1510. The van der Waals surface area contributed by atoms with E-state index in [0.29, 0.717) is 12.8 Å².